The summed E-state index contributed by atoms with van der Waals surface area (Å²) in [6.45, 7) is 0.314. The molecule has 0 aliphatic rings. The van der Waals surface area contributed by atoms with Gasteiger partial charge in [-0.3, -0.25) is 0 Å². The van der Waals surface area contributed by atoms with Crippen LogP contribution in [0.1, 0.15) is 11.1 Å². The molecule has 0 spiro atoms. The van der Waals surface area contributed by atoms with E-state index < -0.39 is 6.09 Å². The van der Waals surface area contributed by atoms with Crippen LogP contribution >= 0.6 is 11.6 Å². The van der Waals surface area contributed by atoms with Gasteiger partial charge in [0.1, 0.15) is 12.4 Å². The predicted octanol–water partition coefficient (Wildman–Crippen LogP) is 3.32. The first-order valence-electron chi connectivity index (χ1n) is 6.57. The molecule has 22 heavy (non-hydrogen) atoms. The van der Waals surface area contributed by atoms with Gasteiger partial charge in [-0.25, -0.2) is 4.79 Å². The Morgan fingerprint density at radius 2 is 2.00 bits per heavy atom. The van der Waals surface area contributed by atoms with Gasteiger partial charge in [-0.15, -0.1) is 0 Å². The smallest absolute Gasteiger partial charge is 0.408 e. The monoisotopic (exact) mass is 315 g/mol. The van der Waals surface area contributed by atoms with E-state index in [1.165, 1.54) is 6.07 Å². The van der Waals surface area contributed by atoms with Gasteiger partial charge in [-0.05, 0) is 23.8 Å². The van der Waals surface area contributed by atoms with E-state index in [0.717, 1.165) is 5.56 Å². The van der Waals surface area contributed by atoms with Gasteiger partial charge < -0.3 is 15.2 Å². The van der Waals surface area contributed by atoms with Crippen molar-refractivity contribution in [2.24, 2.45) is 0 Å². The Hall–Kier alpha value is -2.64. The van der Waals surface area contributed by atoms with Crippen LogP contribution in [0.15, 0.2) is 48.5 Å². The highest BCUT2D eigenvalue weighted by atomic mass is 35.5. The summed E-state index contributed by atoms with van der Waals surface area (Å²) in [6, 6.07) is 14.0. The van der Waals surface area contributed by atoms with Gasteiger partial charge in [0.2, 0.25) is 0 Å². The molecule has 112 valence electrons. The van der Waals surface area contributed by atoms with Crippen molar-refractivity contribution in [1.82, 2.24) is 5.32 Å². The molecule has 2 aromatic carbocycles. The highest BCUT2D eigenvalue weighted by Crippen LogP contribution is 2.20. The van der Waals surface area contributed by atoms with Crippen LogP contribution in [0.5, 0.6) is 5.75 Å². The first-order chi connectivity index (χ1) is 10.6. The fourth-order valence-electron chi connectivity index (χ4n) is 1.64. The van der Waals surface area contributed by atoms with E-state index in [1.54, 1.807) is 12.1 Å². The first-order valence-corrected chi connectivity index (χ1v) is 6.95. The van der Waals surface area contributed by atoms with Crippen LogP contribution in [0.25, 0.3) is 0 Å². The van der Waals surface area contributed by atoms with Crippen LogP contribution in [0, 0.1) is 11.8 Å². The second kappa shape index (κ2) is 7.96. The molecular formula is C17H14ClNO3. The number of phenolic OH excluding ortho intramolecular Hbond substituents is 1. The largest absolute Gasteiger partial charge is 0.507 e. The van der Waals surface area contributed by atoms with Crippen LogP contribution in [0.3, 0.4) is 0 Å². The topological polar surface area (TPSA) is 58.6 Å². The number of carbonyl (C=O) groups excluding carboxylic acids is 1. The van der Waals surface area contributed by atoms with E-state index in [1.807, 2.05) is 30.3 Å². The molecule has 0 aromatic heterocycles. The normalized spacial score (nSPS) is 9.50. The average molecular weight is 316 g/mol. The second-order valence-corrected chi connectivity index (χ2v) is 4.81. The minimum atomic E-state index is -0.548. The highest BCUT2D eigenvalue weighted by molar-refractivity contribution is 6.30. The van der Waals surface area contributed by atoms with Crippen molar-refractivity contribution in [1.29, 1.82) is 0 Å². The van der Waals surface area contributed by atoms with Gasteiger partial charge >= 0.3 is 6.09 Å². The molecule has 0 radical (unpaired) electrons. The van der Waals surface area contributed by atoms with Crippen molar-refractivity contribution < 1.29 is 14.6 Å². The lowest BCUT2D eigenvalue weighted by Crippen LogP contribution is -2.24. The molecule has 0 saturated carbocycles. The maximum absolute atomic E-state index is 11.5. The van der Waals surface area contributed by atoms with E-state index >= 15 is 0 Å². The molecule has 5 heteroatoms. The Morgan fingerprint density at radius 1 is 1.23 bits per heavy atom. The van der Waals surface area contributed by atoms with E-state index in [4.69, 9.17) is 16.3 Å². The molecule has 1 amide bonds. The van der Waals surface area contributed by atoms with Crippen LogP contribution in [-0.4, -0.2) is 17.7 Å². The fraction of sp³-hybridized carbons (Fsp3) is 0.118. The molecule has 0 heterocycles. The van der Waals surface area contributed by atoms with E-state index in [-0.39, 0.29) is 18.9 Å². The lowest BCUT2D eigenvalue weighted by atomic mass is 10.2. The van der Waals surface area contributed by atoms with Crippen LogP contribution in [0.2, 0.25) is 5.02 Å². The molecule has 2 rings (SSSR count). The highest BCUT2D eigenvalue weighted by Gasteiger charge is 2.01. The summed E-state index contributed by atoms with van der Waals surface area (Å²) >= 11 is 5.81. The number of halogens is 1. The summed E-state index contributed by atoms with van der Waals surface area (Å²) in [4.78, 5) is 11.5. The summed E-state index contributed by atoms with van der Waals surface area (Å²) in [7, 11) is 0. The fourth-order valence-corrected chi connectivity index (χ4v) is 1.81. The minimum absolute atomic E-state index is 0.0450. The number of rotatable bonds is 3. The maximum atomic E-state index is 11.5. The third kappa shape index (κ3) is 5.04. The SMILES string of the molecule is O=C(NCC#Cc1cc(Cl)ccc1O)OCc1ccccc1. The number of aromatic hydroxyl groups is 1. The number of ether oxygens (including phenoxy) is 1. The van der Waals surface area contributed by atoms with Crippen molar-refractivity contribution in [3.05, 3.63) is 64.7 Å². The Balaban J connectivity index is 1.78. The molecule has 0 fully saturated rings. The van der Waals surface area contributed by atoms with Gasteiger partial charge in [-0.1, -0.05) is 53.8 Å². The third-order valence-electron chi connectivity index (χ3n) is 2.72. The summed E-state index contributed by atoms with van der Waals surface area (Å²) in [5.41, 5.74) is 1.32. The molecule has 4 nitrogen and oxygen atoms in total. The van der Waals surface area contributed by atoms with Crippen LogP contribution < -0.4 is 5.32 Å². The molecule has 0 unspecified atom stereocenters. The third-order valence-corrected chi connectivity index (χ3v) is 2.95. The molecule has 0 aliphatic heterocycles. The summed E-state index contributed by atoms with van der Waals surface area (Å²) in [5.74, 6) is 5.49. The zero-order chi connectivity index (χ0) is 15.8. The van der Waals surface area contributed by atoms with E-state index in [9.17, 15) is 9.90 Å². The quantitative estimate of drug-likeness (QED) is 0.854. The molecule has 2 aromatic rings. The zero-order valence-electron chi connectivity index (χ0n) is 11.7. The van der Waals surface area contributed by atoms with Gasteiger partial charge in [0.15, 0.2) is 0 Å². The number of phenols is 1. The number of amides is 1. The zero-order valence-corrected chi connectivity index (χ0v) is 12.4. The molecule has 2 N–H and O–H groups in total. The van der Waals surface area contributed by atoms with Crippen molar-refractivity contribution in [3.63, 3.8) is 0 Å². The molecular weight excluding hydrogens is 302 g/mol. The number of hydrogen-bond donors (Lipinski definition) is 2. The Bertz CT molecular complexity index is 705. The first kappa shape index (κ1) is 15.7. The molecule has 0 aliphatic carbocycles. The van der Waals surface area contributed by atoms with Gasteiger partial charge in [0, 0.05) is 5.02 Å². The van der Waals surface area contributed by atoms with Gasteiger partial charge in [-0.2, -0.15) is 0 Å². The summed E-state index contributed by atoms with van der Waals surface area (Å²) in [6.07, 6.45) is -0.548. The maximum Gasteiger partial charge on any atom is 0.408 e. The Morgan fingerprint density at radius 3 is 2.77 bits per heavy atom. The lowest BCUT2D eigenvalue weighted by molar-refractivity contribution is 0.141. The minimum Gasteiger partial charge on any atom is -0.507 e. The van der Waals surface area contributed by atoms with Crippen molar-refractivity contribution in [2.75, 3.05) is 6.54 Å². The van der Waals surface area contributed by atoms with Crippen molar-refractivity contribution in [2.45, 2.75) is 6.61 Å². The molecule has 0 bridgehead atoms. The number of alkyl carbamates (subject to hydrolysis) is 1. The number of benzene rings is 2. The molecule has 0 atom stereocenters. The summed E-state index contributed by atoms with van der Waals surface area (Å²) in [5, 5.41) is 12.6. The Labute approximate surface area is 133 Å². The molecule has 0 saturated heterocycles. The standard InChI is InChI=1S/C17H14ClNO3/c18-15-8-9-16(20)14(11-15)7-4-10-19-17(21)22-12-13-5-2-1-3-6-13/h1-3,5-6,8-9,11,20H,10,12H2,(H,19,21). The lowest BCUT2D eigenvalue weighted by Gasteiger charge is -2.04. The van der Waals surface area contributed by atoms with Crippen LogP contribution in [-0.2, 0) is 11.3 Å². The van der Waals surface area contributed by atoms with E-state index in [0.29, 0.717) is 10.6 Å². The van der Waals surface area contributed by atoms with Gasteiger partial charge in [0.25, 0.3) is 0 Å². The number of nitrogens with one attached hydrogen (secondary N) is 1. The van der Waals surface area contributed by atoms with E-state index in [2.05, 4.69) is 17.2 Å². The Kier molecular flexibility index (Phi) is 5.70. The average Bonchev–Trinajstić information content (AvgIpc) is 2.53. The second-order valence-electron chi connectivity index (χ2n) is 4.38. The summed E-state index contributed by atoms with van der Waals surface area (Å²) < 4.78 is 5.03. The number of hydrogen-bond acceptors (Lipinski definition) is 3. The van der Waals surface area contributed by atoms with Crippen molar-refractivity contribution in [3.8, 4) is 17.6 Å². The van der Waals surface area contributed by atoms with Crippen LogP contribution in [0.4, 0.5) is 4.79 Å². The number of carbonyl (C=O) groups is 1. The predicted molar refractivity (Wildman–Crippen MR) is 84.6 cm³/mol. The van der Waals surface area contributed by atoms with Crippen molar-refractivity contribution >= 4 is 17.7 Å². The van der Waals surface area contributed by atoms with Gasteiger partial charge in [0.05, 0.1) is 12.1 Å².